The lowest BCUT2D eigenvalue weighted by Crippen LogP contribution is -2.40. The number of ether oxygens (including phenoxy) is 1. The number of fused-ring (bicyclic) bond motifs is 1. The normalized spacial score (nSPS) is 11.2. The van der Waals surface area contributed by atoms with Crippen molar-refractivity contribution < 1.29 is 19.4 Å². The van der Waals surface area contributed by atoms with E-state index in [1.807, 2.05) is 13.8 Å². The Bertz CT molecular complexity index is 1640. The quantitative estimate of drug-likeness (QED) is 0.284. The van der Waals surface area contributed by atoms with Crippen molar-refractivity contribution in [2.75, 3.05) is 11.9 Å². The first kappa shape index (κ1) is 26.4. The van der Waals surface area contributed by atoms with Crippen LogP contribution < -0.4 is 21.3 Å². The molecule has 0 unspecified atom stereocenters. The summed E-state index contributed by atoms with van der Waals surface area (Å²) in [7, 11) is 1.66. The molecule has 0 bridgehead atoms. The maximum atomic E-state index is 13.0. The van der Waals surface area contributed by atoms with E-state index >= 15 is 0 Å². The Balaban J connectivity index is 1.55. The predicted octanol–water partition coefficient (Wildman–Crippen LogP) is 2.13. The molecule has 4 rings (SSSR count). The van der Waals surface area contributed by atoms with Gasteiger partial charge in [0.2, 0.25) is 5.88 Å². The molecule has 4 aromatic rings. The third-order valence-corrected chi connectivity index (χ3v) is 5.95. The van der Waals surface area contributed by atoms with E-state index < -0.39 is 23.1 Å². The van der Waals surface area contributed by atoms with E-state index in [9.17, 15) is 19.2 Å². The van der Waals surface area contributed by atoms with Crippen molar-refractivity contribution in [1.29, 1.82) is 0 Å². The van der Waals surface area contributed by atoms with Gasteiger partial charge >= 0.3 is 11.7 Å². The molecule has 3 N–H and O–H groups in total. The van der Waals surface area contributed by atoms with Gasteiger partial charge < -0.3 is 20.1 Å². The lowest BCUT2D eigenvalue weighted by atomic mass is 10.1. The monoisotopic (exact) mass is 523 g/mol. The van der Waals surface area contributed by atoms with Gasteiger partial charge in [0, 0.05) is 31.9 Å². The Morgan fingerprint density at radius 2 is 1.82 bits per heavy atom. The second-order valence-corrected chi connectivity index (χ2v) is 8.84. The molecule has 0 aliphatic heterocycles. The standard InChI is InChI=1S/C25H29N7O6/c1-5-9-31-22-20(23(34)32(10-6-2)25(31)37)27-21(28-22)17-12-19(29-30(17)4)38-13-18(33)26-15-7-8-16(24(35)36)14(3)11-15/h7-8,11-12H,5-6,9-10,13H2,1-4H3,(H,26,33)(H,27,28)(H,35,36). The van der Waals surface area contributed by atoms with E-state index in [0.717, 1.165) is 0 Å². The molecule has 0 atom stereocenters. The predicted molar refractivity (Wildman–Crippen MR) is 140 cm³/mol. The molecule has 0 saturated carbocycles. The summed E-state index contributed by atoms with van der Waals surface area (Å²) >= 11 is 0. The number of amides is 1. The number of nitrogens with zero attached hydrogens (tertiary/aromatic N) is 5. The third-order valence-electron chi connectivity index (χ3n) is 5.95. The van der Waals surface area contributed by atoms with Crippen LogP contribution in [-0.2, 0) is 24.9 Å². The van der Waals surface area contributed by atoms with Crippen LogP contribution in [0.2, 0.25) is 0 Å². The van der Waals surface area contributed by atoms with Gasteiger partial charge in [-0.25, -0.2) is 14.6 Å². The number of hydrogen-bond acceptors (Lipinski definition) is 7. The number of nitrogens with one attached hydrogen (secondary N) is 2. The molecule has 0 aliphatic rings. The number of carboxylic acid groups (broad SMARTS) is 1. The van der Waals surface area contributed by atoms with Gasteiger partial charge in [-0.3, -0.25) is 23.4 Å². The zero-order chi connectivity index (χ0) is 27.6. The first-order chi connectivity index (χ1) is 18.1. The Hall–Kier alpha value is -4.68. The van der Waals surface area contributed by atoms with E-state index in [2.05, 4.69) is 20.4 Å². The number of carbonyl (C=O) groups excluding carboxylic acids is 1. The van der Waals surface area contributed by atoms with Crippen LogP contribution in [0, 0.1) is 6.92 Å². The van der Waals surface area contributed by atoms with Crippen LogP contribution >= 0.6 is 0 Å². The lowest BCUT2D eigenvalue weighted by molar-refractivity contribution is -0.118. The van der Waals surface area contributed by atoms with Gasteiger partial charge in [0.05, 0.1) is 5.56 Å². The third kappa shape index (κ3) is 5.08. The number of hydrogen-bond donors (Lipinski definition) is 3. The zero-order valence-corrected chi connectivity index (χ0v) is 21.6. The molecule has 3 heterocycles. The molecule has 200 valence electrons. The number of carboxylic acids is 1. The topological polar surface area (TPSA) is 166 Å². The van der Waals surface area contributed by atoms with Crippen molar-refractivity contribution in [2.45, 2.75) is 46.7 Å². The Morgan fingerprint density at radius 3 is 2.47 bits per heavy atom. The minimum atomic E-state index is -1.04. The average Bonchev–Trinajstić information content (AvgIpc) is 3.46. The summed E-state index contributed by atoms with van der Waals surface area (Å²) in [5.41, 5.74) is 1.29. The van der Waals surface area contributed by atoms with Crippen molar-refractivity contribution in [1.82, 2.24) is 28.9 Å². The van der Waals surface area contributed by atoms with E-state index in [4.69, 9.17) is 9.84 Å². The molecule has 0 aliphatic carbocycles. The number of aromatic carboxylic acids is 1. The Morgan fingerprint density at radius 1 is 1.11 bits per heavy atom. The highest BCUT2D eigenvalue weighted by atomic mass is 16.5. The molecule has 0 fully saturated rings. The van der Waals surface area contributed by atoms with Crippen molar-refractivity contribution in [3.05, 3.63) is 56.2 Å². The minimum absolute atomic E-state index is 0.154. The molecular weight excluding hydrogens is 494 g/mol. The SMILES string of the molecule is CCCn1c(=O)c2[nH]c(-c3cc(OCC(=O)Nc4ccc(C(=O)O)c(C)c4)nn3C)nc2n(CCC)c1=O. The number of imidazole rings is 1. The number of H-pyrrole nitrogens is 1. The summed E-state index contributed by atoms with van der Waals surface area (Å²) in [6.45, 7) is 5.86. The smallest absolute Gasteiger partial charge is 0.335 e. The van der Waals surface area contributed by atoms with Gasteiger partial charge in [-0.15, -0.1) is 5.10 Å². The van der Waals surface area contributed by atoms with Crippen LogP contribution in [0.1, 0.15) is 42.6 Å². The summed E-state index contributed by atoms with van der Waals surface area (Å²) in [5.74, 6) is -1.01. The lowest BCUT2D eigenvalue weighted by Gasteiger charge is -2.09. The molecule has 3 aromatic heterocycles. The van der Waals surface area contributed by atoms with Crippen LogP contribution in [0.3, 0.4) is 0 Å². The van der Waals surface area contributed by atoms with Crippen molar-refractivity contribution in [3.63, 3.8) is 0 Å². The summed E-state index contributed by atoms with van der Waals surface area (Å²) < 4.78 is 9.75. The molecular formula is C25H29N7O6. The highest BCUT2D eigenvalue weighted by Gasteiger charge is 2.20. The van der Waals surface area contributed by atoms with Crippen LogP contribution in [0.15, 0.2) is 33.9 Å². The molecule has 0 saturated heterocycles. The molecule has 38 heavy (non-hydrogen) atoms. The van der Waals surface area contributed by atoms with Gasteiger partial charge in [0.25, 0.3) is 11.5 Å². The highest BCUT2D eigenvalue weighted by molar-refractivity contribution is 5.94. The van der Waals surface area contributed by atoms with Gasteiger partial charge in [-0.2, -0.15) is 0 Å². The molecule has 0 radical (unpaired) electrons. The molecule has 1 aromatic carbocycles. The largest absolute Gasteiger partial charge is 0.478 e. The number of aromatic nitrogens is 6. The fraction of sp³-hybridized carbons (Fsp3) is 0.360. The Labute approximate surface area is 216 Å². The number of rotatable bonds is 10. The van der Waals surface area contributed by atoms with E-state index in [1.54, 1.807) is 26.1 Å². The first-order valence-electron chi connectivity index (χ1n) is 12.2. The fourth-order valence-electron chi connectivity index (χ4n) is 4.18. The van der Waals surface area contributed by atoms with Crippen molar-refractivity contribution in [2.24, 2.45) is 7.05 Å². The van der Waals surface area contributed by atoms with Crippen molar-refractivity contribution in [3.8, 4) is 17.4 Å². The highest BCUT2D eigenvalue weighted by Crippen LogP contribution is 2.22. The van der Waals surface area contributed by atoms with Gasteiger partial charge in [0.1, 0.15) is 11.2 Å². The van der Waals surface area contributed by atoms with Crippen LogP contribution in [-0.4, -0.2) is 52.5 Å². The molecule has 1 amide bonds. The number of aryl methyl sites for hydroxylation is 3. The summed E-state index contributed by atoms with van der Waals surface area (Å²) in [5, 5.41) is 16.1. The second kappa shape index (κ2) is 10.7. The number of aromatic amines is 1. The fourth-order valence-corrected chi connectivity index (χ4v) is 4.18. The molecule has 13 heteroatoms. The molecule has 0 spiro atoms. The van der Waals surface area contributed by atoms with Crippen LogP contribution in [0.5, 0.6) is 5.88 Å². The number of anilines is 1. The van der Waals surface area contributed by atoms with E-state index in [-0.39, 0.29) is 29.2 Å². The van der Waals surface area contributed by atoms with E-state index in [0.29, 0.717) is 48.7 Å². The zero-order valence-electron chi connectivity index (χ0n) is 21.6. The number of benzene rings is 1. The second-order valence-electron chi connectivity index (χ2n) is 8.84. The number of carbonyl (C=O) groups is 2. The first-order valence-corrected chi connectivity index (χ1v) is 12.2. The van der Waals surface area contributed by atoms with Crippen LogP contribution in [0.4, 0.5) is 5.69 Å². The van der Waals surface area contributed by atoms with Gasteiger partial charge in [-0.05, 0) is 43.5 Å². The van der Waals surface area contributed by atoms with Gasteiger partial charge in [-0.1, -0.05) is 13.8 Å². The molecule has 13 nitrogen and oxygen atoms in total. The van der Waals surface area contributed by atoms with Crippen LogP contribution in [0.25, 0.3) is 22.7 Å². The summed E-state index contributed by atoms with van der Waals surface area (Å²) in [6, 6.07) is 6.06. The summed E-state index contributed by atoms with van der Waals surface area (Å²) in [6.07, 6.45) is 1.33. The van der Waals surface area contributed by atoms with Gasteiger partial charge in [0.15, 0.2) is 18.1 Å². The Kier molecular flexibility index (Phi) is 7.46. The van der Waals surface area contributed by atoms with Crippen molar-refractivity contribution >= 4 is 28.7 Å². The minimum Gasteiger partial charge on any atom is -0.478 e. The average molecular weight is 524 g/mol. The maximum Gasteiger partial charge on any atom is 0.335 e. The summed E-state index contributed by atoms with van der Waals surface area (Å²) in [4.78, 5) is 57.0. The maximum absolute atomic E-state index is 13.0. The van der Waals surface area contributed by atoms with E-state index in [1.165, 1.54) is 25.9 Å².